The topological polar surface area (TPSA) is 48.2 Å². The first-order valence-electron chi connectivity index (χ1n) is 4.92. The number of hydrogen-bond acceptors (Lipinski definition) is 4. The molecule has 2 rings (SSSR count). The fourth-order valence-corrected chi connectivity index (χ4v) is 1.41. The second-order valence-corrected chi connectivity index (χ2v) is 3.49. The summed E-state index contributed by atoms with van der Waals surface area (Å²) in [5, 5.41) is 4.35. The van der Waals surface area contributed by atoms with E-state index in [1.54, 1.807) is 13.0 Å². The molecule has 0 amide bonds. The lowest BCUT2D eigenvalue weighted by Gasteiger charge is -1.95. The largest absolute Gasteiger partial charge is 0.436 e. The van der Waals surface area contributed by atoms with E-state index in [1.807, 2.05) is 18.2 Å². The number of halogens is 1. The van der Waals surface area contributed by atoms with E-state index in [4.69, 9.17) is 20.9 Å². The van der Waals surface area contributed by atoms with Crippen LogP contribution in [-0.4, -0.2) is 16.7 Å². The average molecular weight is 249 g/mol. The zero-order valence-electron chi connectivity index (χ0n) is 9.11. The number of ether oxygens (including phenoxy) is 1. The minimum atomic E-state index is 0.0858. The van der Waals surface area contributed by atoms with Crippen LogP contribution in [0, 0.1) is 11.8 Å². The van der Waals surface area contributed by atoms with E-state index >= 15 is 0 Å². The lowest BCUT2D eigenvalue weighted by molar-refractivity contribution is 0.230. The van der Waals surface area contributed by atoms with Crippen molar-refractivity contribution in [2.75, 3.05) is 6.61 Å². The van der Waals surface area contributed by atoms with E-state index in [1.165, 1.54) is 0 Å². The summed E-state index contributed by atoms with van der Waals surface area (Å²) in [6.45, 7) is 1.95. The van der Waals surface area contributed by atoms with Crippen molar-refractivity contribution in [1.82, 2.24) is 10.1 Å². The van der Waals surface area contributed by atoms with E-state index in [9.17, 15) is 0 Å². The van der Waals surface area contributed by atoms with Gasteiger partial charge in [0.2, 0.25) is 5.82 Å². The van der Waals surface area contributed by atoms with Crippen LogP contribution in [0.5, 0.6) is 6.08 Å². The van der Waals surface area contributed by atoms with E-state index in [0.717, 1.165) is 0 Å². The fourth-order valence-electron chi connectivity index (χ4n) is 1.19. The van der Waals surface area contributed by atoms with Gasteiger partial charge in [0.15, 0.2) is 6.61 Å². The summed E-state index contributed by atoms with van der Waals surface area (Å²) < 4.78 is 10.0. The Morgan fingerprint density at radius 1 is 1.41 bits per heavy atom. The Bertz CT molecular complexity index is 569. The molecule has 17 heavy (non-hydrogen) atoms. The molecule has 0 saturated heterocycles. The van der Waals surface area contributed by atoms with Gasteiger partial charge in [0, 0.05) is 5.56 Å². The molecule has 0 atom stereocenters. The van der Waals surface area contributed by atoms with Crippen LogP contribution in [0.4, 0.5) is 0 Å². The standard InChI is InChI=1S/C12H9ClN2O2/c1-2-3-8-16-12-14-11(15-17-12)9-6-4-5-7-10(9)13/h4-7H,8H2,1H3. The van der Waals surface area contributed by atoms with Gasteiger partial charge in [-0.05, 0) is 19.1 Å². The highest BCUT2D eigenvalue weighted by Crippen LogP contribution is 2.26. The van der Waals surface area contributed by atoms with Gasteiger partial charge < -0.3 is 4.74 Å². The first-order chi connectivity index (χ1) is 8.31. The first kappa shape index (κ1) is 11.5. The second kappa shape index (κ2) is 5.37. The summed E-state index contributed by atoms with van der Waals surface area (Å²) in [4.78, 5) is 4.06. The van der Waals surface area contributed by atoms with Gasteiger partial charge in [0.1, 0.15) is 0 Å². The van der Waals surface area contributed by atoms with Gasteiger partial charge in [-0.3, -0.25) is 4.52 Å². The third-order valence-electron chi connectivity index (χ3n) is 1.97. The van der Waals surface area contributed by atoms with Gasteiger partial charge in [-0.2, -0.15) is 4.98 Å². The highest BCUT2D eigenvalue weighted by molar-refractivity contribution is 6.33. The molecule has 0 N–H and O–H groups in total. The van der Waals surface area contributed by atoms with Crippen molar-refractivity contribution in [3.8, 4) is 29.3 Å². The summed E-state index contributed by atoms with van der Waals surface area (Å²) in [5.41, 5.74) is 0.703. The maximum Gasteiger partial charge on any atom is 0.418 e. The quantitative estimate of drug-likeness (QED) is 0.784. The van der Waals surface area contributed by atoms with Crippen LogP contribution in [0.15, 0.2) is 28.8 Å². The first-order valence-corrected chi connectivity index (χ1v) is 5.30. The summed E-state index contributed by atoms with van der Waals surface area (Å²) in [5.74, 6) is 5.83. The summed E-state index contributed by atoms with van der Waals surface area (Å²) in [6.07, 6.45) is 0.0858. The van der Waals surface area contributed by atoms with E-state index in [0.29, 0.717) is 16.4 Å². The second-order valence-electron chi connectivity index (χ2n) is 3.08. The van der Waals surface area contributed by atoms with E-state index in [2.05, 4.69) is 22.0 Å². The summed E-state index contributed by atoms with van der Waals surface area (Å²) in [7, 11) is 0. The molecule has 2 aromatic rings. The molecule has 5 heteroatoms. The highest BCUT2D eigenvalue weighted by atomic mass is 35.5. The van der Waals surface area contributed by atoms with Gasteiger partial charge in [0.05, 0.1) is 5.02 Å². The molecule has 4 nitrogen and oxygen atoms in total. The van der Waals surface area contributed by atoms with Crippen LogP contribution in [-0.2, 0) is 0 Å². The molecule has 0 aliphatic carbocycles. The molecule has 86 valence electrons. The molecule has 1 heterocycles. The zero-order valence-corrected chi connectivity index (χ0v) is 9.86. The lowest BCUT2D eigenvalue weighted by Crippen LogP contribution is -1.93. The SMILES string of the molecule is CC#CCOc1nc(-c2ccccc2Cl)no1. The highest BCUT2D eigenvalue weighted by Gasteiger charge is 2.11. The van der Waals surface area contributed by atoms with Crippen molar-refractivity contribution in [2.45, 2.75) is 6.92 Å². The van der Waals surface area contributed by atoms with Gasteiger partial charge in [-0.15, -0.1) is 5.92 Å². The van der Waals surface area contributed by atoms with Gasteiger partial charge in [0.25, 0.3) is 0 Å². The van der Waals surface area contributed by atoms with Crippen molar-refractivity contribution in [3.05, 3.63) is 29.3 Å². The molecule has 1 aromatic carbocycles. The molecule has 0 radical (unpaired) electrons. The molecular weight excluding hydrogens is 240 g/mol. The maximum atomic E-state index is 6.01. The zero-order chi connectivity index (χ0) is 12.1. The molecule has 0 unspecified atom stereocenters. The maximum absolute atomic E-state index is 6.01. The van der Waals surface area contributed by atoms with Crippen molar-refractivity contribution >= 4 is 11.6 Å². The lowest BCUT2D eigenvalue weighted by atomic mass is 10.2. The third kappa shape index (κ3) is 2.77. The van der Waals surface area contributed by atoms with Gasteiger partial charge in [-0.1, -0.05) is 34.8 Å². The Morgan fingerprint density at radius 2 is 2.24 bits per heavy atom. The van der Waals surface area contributed by atoms with Crippen LogP contribution >= 0.6 is 11.6 Å². The number of rotatable bonds is 3. The molecule has 0 aliphatic rings. The number of hydrogen-bond donors (Lipinski definition) is 0. The van der Waals surface area contributed by atoms with Gasteiger partial charge >= 0.3 is 6.08 Å². The van der Waals surface area contributed by atoms with Crippen LogP contribution in [0.1, 0.15) is 6.92 Å². The van der Waals surface area contributed by atoms with Crippen molar-refractivity contribution in [3.63, 3.8) is 0 Å². The smallest absolute Gasteiger partial charge is 0.418 e. The predicted octanol–water partition coefficient (Wildman–Crippen LogP) is 2.79. The molecule has 0 bridgehead atoms. The van der Waals surface area contributed by atoms with Crippen LogP contribution in [0.3, 0.4) is 0 Å². The van der Waals surface area contributed by atoms with Crippen LogP contribution in [0.2, 0.25) is 5.02 Å². The Labute approximate surface area is 104 Å². The Morgan fingerprint density at radius 3 is 3.00 bits per heavy atom. The van der Waals surface area contributed by atoms with Gasteiger partial charge in [-0.25, -0.2) is 0 Å². The van der Waals surface area contributed by atoms with Crippen molar-refractivity contribution < 1.29 is 9.26 Å². The minimum absolute atomic E-state index is 0.0858. The van der Waals surface area contributed by atoms with Crippen LogP contribution in [0.25, 0.3) is 11.4 Å². The molecule has 0 spiro atoms. The summed E-state index contributed by atoms with van der Waals surface area (Å²) >= 11 is 6.01. The number of benzene rings is 1. The van der Waals surface area contributed by atoms with Crippen molar-refractivity contribution in [2.24, 2.45) is 0 Å². The number of aromatic nitrogens is 2. The molecule has 0 aliphatic heterocycles. The average Bonchev–Trinajstić information content (AvgIpc) is 2.79. The Kier molecular flexibility index (Phi) is 3.63. The molecular formula is C12H9ClN2O2. The Balaban J connectivity index is 2.17. The van der Waals surface area contributed by atoms with E-state index in [-0.39, 0.29) is 12.7 Å². The molecule has 0 saturated carbocycles. The van der Waals surface area contributed by atoms with Crippen LogP contribution < -0.4 is 4.74 Å². The van der Waals surface area contributed by atoms with E-state index < -0.39 is 0 Å². The fraction of sp³-hybridized carbons (Fsp3) is 0.167. The Hall–Kier alpha value is -1.99. The third-order valence-corrected chi connectivity index (χ3v) is 2.30. The minimum Gasteiger partial charge on any atom is -0.436 e. The normalized spacial score (nSPS) is 9.53. The monoisotopic (exact) mass is 248 g/mol. The summed E-state index contributed by atoms with van der Waals surface area (Å²) in [6, 6.07) is 7.25. The molecule has 1 aromatic heterocycles. The number of nitrogens with zero attached hydrogens (tertiary/aromatic N) is 2. The van der Waals surface area contributed by atoms with Crippen molar-refractivity contribution in [1.29, 1.82) is 0 Å². The molecule has 0 fully saturated rings. The predicted molar refractivity (Wildman–Crippen MR) is 63.7 cm³/mol.